The molecule has 0 spiro atoms. The van der Waals surface area contributed by atoms with Gasteiger partial charge >= 0.3 is 0 Å². The molecular weight excluding hydrogens is 276 g/mol. The van der Waals surface area contributed by atoms with Crippen LogP contribution in [0.1, 0.15) is 65.2 Å². The fourth-order valence-corrected chi connectivity index (χ4v) is 7.22. The largest absolute Gasteiger partial charge is 0.393 e. The zero-order chi connectivity index (χ0) is 15.7. The quantitative estimate of drug-likeness (QED) is 0.645. The van der Waals surface area contributed by atoms with Crippen molar-refractivity contribution in [3.8, 4) is 0 Å². The minimum Gasteiger partial charge on any atom is -0.393 e. The molecule has 0 amide bonds. The van der Waals surface area contributed by atoms with Gasteiger partial charge in [0.15, 0.2) is 0 Å². The van der Waals surface area contributed by atoms with E-state index >= 15 is 0 Å². The van der Waals surface area contributed by atoms with Gasteiger partial charge in [-0.25, -0.2) is 0 Å². The number of fused-ring (bicyclic) bond motifs is 5. The third kappa shape index (κ3) is 1.91. The van der Waals surface area contributed by atoms with E-state index in [0.29, 0.717) is 23.2 Å². The first kappa shape index (κ1) is 15.4. The second-order valence-electron chi connectivity index (χ2n) is 9.38. The molecule has 4 fully saturated rings. The summed E-state index contributed by atoms with van der Waals surface area (Å²) >= 11 is 0. The topological polar surface area (TPSA) is 60.7 Å². The molecule has 4 aliphatic rings. The smallest absolute Gasteiger partial charge is 0.0855 e. The van der Waals surface area contributed by atoms with Crippen LogP contribution in [0.4, 0.5) is 0 Å². The molecule has 3 nitrogen and oxygen atoms in total. The number of aliphatic hydroxyl groups excluding tert-OH is 3. The minimum absolute atomic E-state index is 0.0715. The van der Waals surface area contributed by atoms with Crippen molar-refractivity contribution in [1.82, 2.24) is 0 Å². The van der Waals surface area contributed by atoms with Gasteiger partial charge in [-0.1, -0.05) is 13.8 Å². The Morgan fingerprint density at radius 2 is 1.50 bits per heavy atom. The zero-order valence-corrected chi connectivity index (χ0v) is 14.0. The van der Waals surface area contributed by atoms with Gasteiger partial charge in [0.1, 0.15) is 0 Å². The first-order valence-corrected chi connectivity index (χ1v) is 9.40. The molecule has 4 saturated carbocycles. The van der Waals surface area contributed by atoms with Gasteiger partial charge in [-0.3, -0.25) is 0 Å². The zero-order valence-electron chi connectivity index (χ0n) is 14.0. The normalized spacial score (nSPS) is 61.2. The van der Waals surface area contributed by atoms with Gasteiger partial charge in [-0.2, -0.15) is 0 Å². The van der Waals surface area contributed by atoms with Crippen molar-refractivity contribution >= 4 is 0 Å². The highest BCUT2D eigenvalue weighted by molar-refractivity contribution is 5.11. The number of hydrogen-bond acceptors (Lipinski definition) is 3. The molecule has 4 aliphatic carbocycles. The van der Waals surface area contributed by atoms with Gasteiger partial charge in [-0.15, -0.1) is 0 Å². The van der Waals surface area contributed by atoms with Crippen molar-refractivity contribution in [3.63, 3.8) is 0 Å². The van der Waals surface area contributed by atoms with Crippen molar-refractivity contribution < 1.29 is 15.3 Å². The molecule has 9 atom stereocenters. The van der Waals surface area contributed by atoms with Crippen molar-refractivity contribution in [2.75, 3.05) is 0 Å². The average Bonchev–Trinajstić information content (AvgIpc) is 2.72. The van der Waals surface area contributed by atoms with Crippen molar-refractivity contribution in [1.29, 1.82) is 0 Å². The van der Waals surface area contributed by atoms with Gasteiger partial charge in [0, 0.05) is 0 Å². The Labute approximate surface area is 134 Å². The first-order valence-electron chi connectivity index (χ1n) is 9.40. The molecule has 1 unspecified atom stereocenters. The first-order chi connectivity index (χ1) is 10.4. The van der Waals surface area contributed by atoms with Gasteiger partial charge < -0.3 is 15.3 Å². The molecule has 0 aromatic carbocycles. The van der Waals surface area contributed by atoms with E-state index < -0.39 is 12.2 Å². The third-order valence-corrected chi connectivity index (χ3v) is 8.61. The Kier molecular flexibility index (Phi) is 3.46. The van der Waals surface area contributed by atoms with Crippen LogP contribution in [0.25, 0.3) is 0 Å². The van der Waals surface area contributed by atoms with E-state index in [-0.39, 0.29) is 11.5 Å². The molecule has 4 rings (SSSR count). The van der Waals surface area contributed by atoms with Crippen LogP contribution in [-0.2, 0) is 0 Å². The van der Waals surface area contributed by atoms with E-state index in [1.54, 1.807) is 0 Å². The number of hydrogen-bond donors (Lipinski definition) is 3. The molecule has 0 saturated heterocycles. The van der Waals surface area contributed by atoms with Gasteiger partial charge in [0.25, 0.3) is 0 Å². The molecule has 3 N–H and O–H groups in total. The van der Waals surface area contributed by atoms with Crippen LogP contribution in [0, 0.1) is 34.5 Å². The summed E-state index contributed by atoms with van der Waals surface area (Å²) in [5, 5.41) is 30.8. The highest BCUT2D eigenvalue weighted by Crippen LogP contribution is 2.66. The third-order valence-electron chi connectivity index (χ3n) is 8.61. The lowest BCUT2D eigenvalue weighted by molar-refractivity contribution is -0.135. The molecule has 0 bridgehead atoms. The van der Waals surface area contributed by atoms with Crippen LogP contribution in [0.2, 0.25) is 0 Å². The van der Waals surface area contributed by atoms with E-state index in [1.807, 2.05) is 0 Å². The molecule has 0 radical (unpaired) electrons. The number of aliphatic hydroxyl groups is 3. The Balaban J connectivity index is 1.63. The molecule has 3 heteroatoms. The molecule has 0 aromatic heterocycles. The van der Waals surface area contributed by atoms with Crippen molar-refractivity contribution in [2.45, 2.75) is 83.5 Å². The molecule has 22 heavy (non-hydrogen) atoms. The van der Waals surface area contributed by atoms with Crippen LogP contribution < -0.4 is 0 Å². The summed E-state index contributed by atoms with van der Waals surface area (Å²) in [6.45, 7) is 4.69. The van der Waals surface area contributed by atoms with Gasteiger partial charge in [-0.05, 0) is 85.9 Å². The van der Waals surface area contributed by atoms with Crippen LogP contribution in [0.5, 0.6) is 0 Å². The van der Waals surface area contributed by atoms with E-state index in [1.165, 1.54) is 19.3 Å². The summed E-state index contributed by atoms with van der Waals surface area (Å²) in [5.74, 6) is 2.57. The molecule has 0 aromatic rings. The Bertz CT molecular complexity index is 452. The SMILES string of the molecule is C[C@]12CC[C@H](O)C[C@H]1CC[C@@H]1[C@@H]2CC[C@]2(C)[C@@H](O)C(O)C[C@@H]12. The summed E-state index contributed by atoms with van der Waals surface area (Å²) in [7, 11) is 0. The minimum atomic E-state index is -0.530. The highest BCUT2D eigenvalue weighted by atomic mass is 16.3. The standard InChI is InChI=1S/C19H32O3/c1-18-7-5-12(20)9-11(18)3-4-13-14(18)6-8-19(2)15(13)10-16(21)17(19)22/h11-17,20-22H,3-10H2,1-2H3/t11-,12+,13-,14+,15+,16?,17+,18+,19+/m1/s1. The fraction of sp³-hybridized carbons (Fsp3) is 1.00. The van der Waals surface area contributed by atoms with Crippen molar-refractivity contribution in [3.05, 3.63) is 0 Å². The van der Waals surface area contributed by atoms with Crippen molar-refractivity contribution in [2.24, 2.45) is 34.5 Å². The molecule has 0 heterocycles. The average molecular weight is 308 g/mol. The van der Waals surface area contributed by atoms with E-state index in [4.69, 9.17) is 0 Å². The van der Waals surface area contributed by atoms with Gasteiger partial charge in [0.05, 0.1) is 18.3 Å². The van der Waals surface area contributed by atoms with Crippen LogP contribution in [0.3, 0.4) is 0 Å². The predicted molar refractivity (Wildman–Crippen MR) is 85.1 cm³/mol. The summed E-state index contributed by atoms with van der Waals surface area (Å²) in [4.78, 5) is 0. The van der Waals surface area contributed by atoms with Crippen LogP contribution >= 0.6 is 0 Å². The fourth-order valence-electron chi connectivity index (χ4n) is 7.22. The Morgan fingerprint density at radius 3 is 2.27 bits per heavy atom. The lowest BCUT2D eigenvalue weighted by atomic mass is 9.45. The molecule has 0 aliphatic heterocycles. The highest BCUT2D eigenvalue weighted by Gasteiger charge is 2.61. The lowest BCUT2D eigenvalue weighted by Crippen LogP contribution is -2.54. The number of rotatable bonds is 0. The van der Waals surface area contributed by atoms with Crippen LogP contribution in [0.15, 0.2) is 0 Å². The second-order valence-corrected chi connectivity index (χ2v) is 9.38. The summed E-state index contributed by atoms with van der Waals surface area (Å²) < 4.78 is 0. The Morgan fingerprint density at radius 1 is 0.773 bits per heavy atom. The summed E-state index contributed by atoms with van der Waals surface area (Å²) in [6.07, 6.45) is 7.49. The maximum absolute atomic E-state index is 10.5. The van der Waals surface area contributed by atoms with E-state index in [0.717, 1.165) is 38.0 Å². The van der Waals surface area contributed by atoms with E-state index in [2.05, 4.69) is 13.8 Å². The molecule has 126 valence electrons. The monoisotopic (exact) mass is 308 g/mol. The maximum atomic E-state index is 10.5. The molecular formula is C19H32O3. The van der Waals surface area contributed by atoms with Crippen LogP contribution in [-0.4, -0.2) is 33.6 Å². The Hall–Kier alpha value is -0.120. The lowest BCUT2D eigenvalue weighted by Gasteiger charge is -2.60. The predicted octanol–water partition coefficient (Wildman–Crippen LogP) is 2.72. The summed E-state index contributed by atoms with van der Waals surface area (Å²) in [5.41, 5.74) is 0.305. The second kappa shape index (κ2) is 4.94. The maximum Gasteiger partial charge on any atom is 0.0855 e. The van der Waals surface area contributed by atoms with Gasteiger partial charge in [0.2, 0.25) is 0 Å². The summed E-state index contributed by atoms with van der Waals surface area (Å²) in [6, 6.07) is 0. The van der Waals surface area contributed by atoms with E-state index in [9.17, 15) is 15.3 Å².